The number of halogens is 1. The molecule has 0 amide bonds. The van der Waals surface area contributed by atoms with Gasteiger partial charge in [-0.25, -0.2) is 0 Å². The summed E-state index contributed by atoms with van der Waals surface area (Å²) in [5, 5.41) is 10.1. The predicted molar refractivity (Wildman–Crippen MR) is 54.9 cm³/mol. The molecule has 4 heteroatoms. The maximum absolute atomic E-state index is 10.1. The topological polar surface area (TPSA) is 43.1 Å². The molecule has 0 saturated carbocycles. The van der Waals surface area contributed by atoms with E-state index in [1.54, 1.807) is 0 Å². The van der Waals surface area contributed by atoms with E-state index in [4.69, 9.17) is 0 Å². The average molecular weight is 242 g/mol. The normalized spacial score (nSPS) is 10.6. The highest BCUT2D eigenvalue weighted by Gasteiger charge is 1.97. The molecule has 0 saturated heterocycles. The van der Waals surface area contributed by atoms with E-state index in [1.165, 1.54) is 6.08 Å². The summed E-state index contributed by atoms with van der Waals surface area (Å²) in [5.41, 5.74) is 1.92. The second-order valence-corrected chi connectivity index (χ2v) is 3.48. The molecule has 0 radical (unpaired) electrons. The largest absolute Gasteiger partial charge is 0.259 e. The Balaban J connectivity index is 2.96. The fraction of sp³-hybridized carbons (Fsp3) is 0.111. The summed E-state index contributed by atoms with van der Waals surface area (Å²) in [4.78, 5) is 9.57. The predicted octanol–water partition coefficient (Wildman–Crippen LogP) is 3.00. The summed E-state index contributed by atoms with van der Waals surface area (Å²) in [6.45, 7) is 1.96. The van der Waals surface area contributed by atoms with E-state index in [-0.39, 0.29) is 0 Å². The Hall–Kier alpha value is -1.16. The van der Waals surface area contributed by atoms with Gasteiger partial charge in [0.05, 0.1) is 4.92 Å². The van der Waals surface area contributed by atoms with Crippen molar-refractivity contribution in [2.45, 2.75) is 6.92 Å². The molecule has 0 bridgehead atoms. The monoisotopic (exact) mass is 241 g/mol. The number of nitrogens with zero attached hydrogens (tertiary/aromatic N) is 1. The molecule has 0 unspecified atom stereocenters. The van der Waals surface area contributed by atoms with Gasteiger partial charge in [-0.3, -0.25) is 10.1 Å². The highest BCUT2D eigenvalue weighted by atomic mass is 79.9. The summed E-state index contributed by atoms with van der Waals surface area (Å²) >= 11 is 3.32. The van der Waals surface area contributed by atoms with E-state index in [0.29, 0.717) is 0 Å². The number of benzene rings is 1. The lowest BCUT2D eigenvalue weighted by molar-refractivity contribution is -0.400. The van der Waals surface area contributed by atoms with Crippen LogP contribution in [0, 0.1) is 17.0 Å². The molecule has 0 aliphatic carbocycles. The standard InChI is InChI=1S/C9H8BrNO2/c1-7-2-3-8(9(10)6-7)4-5-11(12)13/h2-6H,1H3/b5-4+. The van der Waals surface area contributed by atoms with Gasteiger partial charge in [0.1, 0.15) is 0 Å². The molecule has 0 aliphatic rings. The van der Waals surface area contributed by atoms with Gasteiger partial charge in [0.25, 0.3) is 0 Å². The van der Waals surface area contributed by atoms with Gasteiger partial charge >= 0.3 is 0 Å². The van der Waals surface area contributed by atoms with Gasteiger partial charge in [0, 0.05) is 10.5 Å². The lowest BCUT2D eigenvalue weighted by Gasteiger charge is -1.97. The van der Waals surface area contributed by atoms with Crippen molar-refractivity contribution in [3.05, 3.63) is 50.1 Å². The third-order valence-corrected chi connectivity index (χ3v) is 2.22. The van der Waals surface area contributed by atoms with E-state index < -0.39 is 4.92 Å². The van der Waals surface area contributed by atoms with E-state index in [9.17, 15) is 10.1 Å². The molecule has 0 spiro atoms. The van der Waals surface area contributed by atoms with Crippen LogP contribution in [0.4, 0.5) is 0 Å². The van der Waals surface area contributed by atoms with Crippen LogP contribution in [0.25, 0.3) is 6.08 Å². The zero-order chi connectivity index (χ0) is 9.84. The van der Waals surface area contributed by atoms with Crippen molar-refractivity contribution >= 4 is 22.0 Å². The van der Waals surface area contributed by atoms with Crippen LogP contribution in [0.15, 0.2) is 28.9 Å². The van der Waals surface area contributed by atoms with Crippen LogP contribution < -0.4 is 0 Å². The van der Waals surface area contributed by atoms with Crippen molar-refractivity contribution < 1.29 is 4.92 Å². The quantitative estimate of drug-likeness (QED) is 0.590. The molecule has 0 atom stereocenters. The third-order valence-electron chi connectivity index (χ3n) is 1.53. The first-order valence-electron chi connectivity index (χ1n) is 3.67. The molecule has 0 fully saturated rings. The smallest absolute Gasteiger partial charge is 0.235 e. The summed E-state index contributed by atoms with van der Waals surface area (Å²) in [7, 11) is 0. The van der Waals surface area contributed by atoms with Gasteiger partial charge in [0.15, 0.2) is 0 Å². The minimum atomic E-state index is -0.480. The first-order valence-corrected chi connectivity index (χ1v) is 4.47. The second kappa shape index (κ2) is 4.18. The van der Waals surface area contributed by atoms with Crippen LogP contribution in [0.3, 0.4) is 0 Å². The molecule has 0 heterocycles. The van der Waals surface area contributed by atoms with Crippen LogP contribution in [0.5, 0.6) is 0 Å². The van der Waals surface area contributed by atoms with Crippen molar-refractivity contribution in [2.24, 2.45) is 0 Å². The highest BCUT2D eigenvalue weighted by Crippen LogP contribution is 2.19. The van der Waals surface area contributed by atoms with E-state index in [1.807, 2.05) is 25.1 Å². The van der Waals surface area contributed by atoms with Gasteiger partial charge in [-0.1, -0.05) is 28.1 Å². The first-order chi connectivity index (χ1) is 6.09. The van der Waals surface area contributed by atoms with Gasteiger partial charge < -0.3 is 0 Å². The lowest BCUT2D eigenvalue weighted by Crippen LogP contribution is -1.83. The Kier molecular flexibility index (Phi) is 3.19. The Morgan fingerprint density at radius 1 is 1.54 bits per heavy atom. The van der Waals surface area contributed by atoms with Crippen LogP contribution >= 0.6 is 15.9 Å². The van der Waals surface area contributed by atoms with Gasteiger partial charge in [0.2, 0.25) is 6.20 Å². The number of nitro groups is 1. The van der Waals surface area contributed by atoms with Crippen molar-refractivity contribution in [3.63, 3.8) is 0 Å². The van der Waals surface area contributed by atoms with Crippen LogP contribution in [0.1, 0.15) is 11.1 Å². The van der Waals surface area contributed by atoms with Crippen molar-refractivity contribution in [1.82, 2.24) is 0 Å². The molecule has 1 rings (SSSR count). The fourth-order valence-corrected chi connectivity index (χ4v) is 1.53. The van der Waals surface area contributed by atoms with Crippen molar-refractivity contribution in [3.8, 4) is 0 Å². The van der Waals surface area contributed by atoms with Crippen molar-refractivity contribution in [2.75, 3.05) is 0 Å². The maximum Gasteiger partial charge on any atom is 0.235 e. The highest BCUT2D eigenvalue weighted by molar-refractivity contribution is 9.10. The Bertz CT molecular complexity index is 361. The number of hydrogen-bond acceptors (Lipinski definition) is 2. The summed E-state index contributed by atoms with van der Waals surface area (Å²) in [6, 6.07) is 5.66. The molecule has 0 N–H and O–H groups in total. The molecular weight excluding hydrogens is 234 g/mol. The fourth-order valence-electron chi connectivity index (χ4n) is 0.908. The van der Waals surface area contributed by atoms with Gasteiger partial charge in [-0.05, 0) is 24.1 Å². The molecule has 0 aliphatic heterocycles. The van der Waals surface area contributed by atoms with Crippen LogP contribution in [0.2, 0.25) is 0 Å². The van der Waals surface area contributed by atoms with Crippen molar-refractivity contribution in [1.29, 1.82) is 0 Å². The van der Waals surface area contributed by atoms with Gasteiger partial charge in [-0.2, -0.15) is 0 Å². The zero-order valence-electron chi connectivity index (χ0n) is 7.03. The van der Waals surface area contributed by atoms with Crippen LogP contribution in [-0.4, -0.2) is 4.92 Å². The van der Waals surface area contributed by atoms with Gasteiger partial charge in [-0.15, -0.1) is 0 Å². The molecule has 3 nitrogen and oxygen atoms in total. The van der Waals surface area contributed by atoms with E-state index in [0.717, 1.165) is 21.8 Å². The Morgan fingerprint density at radius 3 is 2.77 bits per heavy atom. The zero-order valence-corrected chi connectivity index (χ0v) is 8.61. The maximum atomic E-state index is 10.1. The molecule has 1 aromatic rings. The van der Waals surface area contributed by atoms with E-state index in [2.05, 4.69) is 15.9 Å². The third kappa shape index (κ3) is 2.99. The molecule has 13 heavy (non-hydrogen) atoms. The molecule has 0 aromatic heterocycles. The minimum Gasteiger partial charge on any atom is -0.259 e. The minimum absolute atomic E-state index is 0.480. The van der Waals surface area contributed by atoms with E-state index >= 15 is 0 Å². The molecule has 68 valence electrons. The summed E-state index contributed by atoms with van der Waals surface area (Å²) in [6.07, 6.45) is 2.39. The SMILES string of the molecule is Cc1ccc(/C=C/[N+](=O)[O-])c(Br)c1. The average Bonchev–Trinajstić information content (AvgIpc) is 2.02. The van der Waals surface area contributed by atoms with Crippen LogP contribution in [-0.2, 0) is 0 Å². The molecular formula is C9H8BrNO2. The first kappa shape index (κ1) is 9.92. The number of rotatable bonds is 2. The summed E-state index contributed by atoms with van der Waals surface area (Å²) < 4.78 is 0.866. The Labute approximate surface area is 84.4 Å². The lowest BCUT2D eigenvalue weighted by atomic mass is 10.1. The second-order valence-electron chi connectivity index (χ2n) is 2.63. The number of aryl methyl sites for hydroxylation is 1. The number of hydrogen-bond donors (Lipinski definition) is 0. The Morgan fingerprint density at radius 2 is 2.23 bits per heavy atom. The molecule has 1 aromatic carbocycles. The summed E-state index contributed by atoms with van der Waals surface area (Å²) in [5.74, 6) is 0.